The third-order valence-electron chi connectivity index (χ3n) is 5.35. The molecule has 1 aliphatic rings. The van der Waals surface area contributed by atoms with Crippen LogP contribution in [0.15, 0.2) is 60.0 Å². The summed E-state index contributed by atoms with van der Waals surface area (Å²) in [6.45, 7) is 3.52. The van der Waals surface area contributed by atoms with E-state index in [0.717, 1.165) is 16.3 Å². The second-order valence-electron chi connectivity index (χ2n) is 7.47. The Balaban J connectivity index is 1.34. The number of ketones is 1. The maximum Gasteiger partial charge on any atom is 0.253 e. The molecule has 1 amide bonds. The van der Waals surface area contributed by atoms with Crippen molar-refractivity contribution in [1.29, 1.82) is 0 Å². The van der Waals surface area contributed by atoms with Crippen molar-refractivity contribution >= 4 is 23.0 Å². The lowest BCUT2D eigenvalue weighted by Crippen LogP contribution is -2.40. The number of piperidine rings is 1. The van der Waals surface area contributed by atoms with Crippen molar-refractivity contribution in [2.75, 3.05) is 13.1 Å². The second-order valence-corrected chi connectivity index (χ2v) is 8.53. The third-order valence-corrected chi connectivity index (χ3v) is 6.17. The van der Waals surface area contributed by atoms with Gasteiger partial charge in [-0.1, -0.05) is 36.4 Å². The molecule has 0 aliphatic carbocycles. The van der Waals surface area contributed by atoms with Gasteiger partial charge < -0.3 is 9.64 Å². The number of hydrogen-bond donors (Lipinski definition) is 0. The van der Waals surface area contributed by atoms with Crippen LogP contribution in [0, 0.1) is 12.8 Å². The number of aryl methyl sites for hydroxylation is 1. The van der Waals surface area contributed by atoms with Crippen LogP contribution in [-0.4, -0.2) is 34.7 Å². The van der Waals surface area contributed by atoms with E-state index >= 15 is 0 Å². The van der Waals surface area contributed by atoms with Crippen LogP contribution in [-0.2, 0) is 6.61 Å². The topological polar surface area (TPSA) is 59.5 Å². The summed E-state index contributed by atoms with van der Waals surface area (Å²) < 4.78 is 5.81. The average molecular weight is 421 g/mol. The molecule has 2 heterocycles. The highest BCUT2D eigenvalue weighted by Crippen LogP contribution is 2.24. The molecule has 1 aliphatic heterocycles. The molecule has 0 bridgehead atoms. The summed E-state index contributed by atoms with van der Waals surface area (Å²) in [5, 5.41) is 2.98. The van der Waals surface area contributed by atoms with Gasteiger partial charge in [-0.3, -0.25) is 9.59 Å². The van der Waals surface area contributed by atoms with Gasteiger partial charge in [-0.05, 0) is 38.0 Å². The van der Waals surface area contributed by atoms with Crippen LogP contribution in [0.25, 0.3) is 0 Å². The molecule has 4 rings (SSSR count). The van der Waals surface area contributed by atoms with Gasteiger partial charge in [0.25, 0.3) is 5.91 Å². The summed E-state index contributed by atoms with van der Waals surface area (Å²) >= 11 is 1.59. The zero-order valence-electron chi connectivity index (χ0n) is 16.9. The zero-order chi connectivity index (χ0) is 20.9. The first-order valence-electron chi connectivity index (χ1n) is 10.1. The third kappa shape index (κ3) is 4.76. The van der Waals surface area contributed by atoms with E-state index in [4.69, 9.17) is 4.74 Å². The van der Waals surface area contributed by atoms with E-state index in [-0.39, 0.29) is 17.6 Å². The molecule has 2 aromatic carbocycles. The molecular formula is C24H24N2O3S. The van der Waals surface area contributed by atoms with Gasteiger partial charge in [-0.15, -0.1) is 11.3 Å². The molecule has 6 heteroatoms. The van der Waals surface area contributed by atoms with Crippen molar-refractivity contribution in [3.05, 3.63) is 81.8 Å². The van der Waals surface area contributed by atoms with E-state index in [1.54, 1.807) is 17.4 Å². The molecular weight excluding hydrogens is 396 g/mol. The van der Waals surface area contributed by atoms with Gasteiger partial charge in [0, 0.05) is 35.5 Å². The first kappa shape index (κ1) is 20.3. The largest absolute Gasteiger partial charge is 0.487 e. The summed E-state index contributed by atoms with van der Waals surface area (Å²) in [5.74, 6) is 0.791. The van der Waals surface area contributed by atoms with Gasteiger partial charge in [0.05, 0.1) is 10.7 Å². The monoisotopic (exact) mass is 420 g/mol. The average Bonchev–Trinajstić information content (AvgIpc) is 3.23. The Labute approximate surface area is 180 Å². The maximum absolute atomic E-state index is 13.0. The van der Waals surface area contributed by atoms with Crippen LogP contribution in [0.5, 0.6) is 5.75 Å². The summed E-state index contributed by atoms with van der Waals surface area (Å²) in [6.07, 6.45) is 1.39. The van der Waals surface area contributed by atoms with Crippen molar-refractivity contribution in [3.63, 3.8) is 0 Å². The fourth-order valence-electron chi connectivity index (χ4n) is 3.72. The Morgan fingerprint density at radius 3 is 2.50 bits per heavy atom. The molecule has 0 atom stereocenters. The Hall–Kier alpha value is -2.99. The number of carbonyl (C=O) groups is 2. The number of hydrogen-bond acceptors (Lipinski definition) is 5. The molecule has 0 radical (unpaired) electrons. The van der Waals surface area contributed by atoms with E-state index in [0.29, 0.717) is 43.9 Å². The number of aromatic nitrogens is 1. The summed E-state index contributed by atoms with van der Waals surface area (Å²) in [4.78, 5) is 31.8. The maximum atomic E-state index is 13.0. The van der Waals surface area contributed by atoms with Gasteiger partial charge >= 0.3 is 0 Å². The number of Topliss-reactive ketones (excluding diaryl/α,β-unsaturated/α-hetero) is 1. The molecule has 0 N–H and O–H groups in total. The Morgan fingerprint density at radius 1 is 1.07 bits per heavy atom. The van der Waals surface area contributed by atoms with Gasteiger partial charge in [0.2, 0.25) is 0 Å². The molecule has 3 aromatic rings. The number of amides is 1. The molecule has 30 heavy (non-hydrogen) atoms. The van der Waals surface area contributed by atoms with Crippen LogP contribution in [0.2, 0.25) is 0 Å². The number of likely N-dealkylation sites (tertiary alicyclic amines) is 1. The van der Waals surface area contributed by atoms with Crippen LogP contribution >= 0.6 is 11.3 Å². The highest BCUT2D eigenvalue weighted by Gasteiger charge is 2.28. The van der Waals surface area contributed by atoms with E-state index in [2.05, 4.69) is 4.98 Å². The number of carbonyl (C=O) groups excluding carboxylic acids is 2. The Morgan fingerprint density at radius 2 is 1.80 bits per heavy atom. The van der Waals surface area contributed by atoms with E-state index in [1.807, 2.05) is 65.7 Å². The van der Waals surface area contributed by atoms with E-state index in [1.165, 1.54) is 0 Å². The minimum atomic E-state index is -0.0207. The van der Waals surface area contributed by atoms with Crippen LogP contribution in [0.1, 0.15) is 44.3 Å². The quantitative estimate of drug-likeness (QED) is 0.539. The summed E-state index contributed by atoms with van der Waals surface area (Å²) in [5.41, 5.74) is 2.25. The molecule has 5 nitrogen and oxygen atoms in total. The number of rotatable bonds is 6. The predicted molar refractivity (Wildman–Crippen MR) is 117 cm³/mol. The SMILES string of the molecule is Cc1nc(COc2cccc(C(=O)N3CCC(C(=O)c4ccccc4)CC3)c2)cs1. The fraction of sp³-hybridized carbons (Fsp3) is 0.292. The zero-order valence-corrected chi connectivity index (χ0v) is 17.7. The lowest BCUT2D eigenvalue weighted by Gasteiger charge is -2.31. The van der Waals surface area contributed by atoms with Crippen LogP contribution in [0.4, 0.5) is 0 Å². The smallest absolute Gasteiger partial charge is 0.253 e. The van der Waals surface area contributed by atoms with Gasteiger partial charge in [-0.25, -0.2) is 4.98 Å². The predicted octanol–water partition coefficient (Wildman–Crippen LogP) is 4.77. The minimum absolute atomic E-state index is 0.0180. The van der Waals surface area contributed by atoms with Crippen molar-refractivity contribution in [1.82, 2.24) is 9.88 Å². The van der Waals surface area contributed by atoms with Crippen molar-refractivity contribution in [3.8, 4) is 5.75 Å². The van der Waals surface area contributed by atoms with E-state index in [9.17, 15) is 9.59 Å². The number of thiazole rings is 1. The molecule has 1 saturated heterocycles. The standard InChI is InChI=1S/C24H24N2O3S/c1-17-25-21(16-30-17)15-29-22-9-5-8-20(14-22)24(28)26-12-10-19(11-13-26)23(27)18-6-3-2-4-7-18/h2-9,14,16,19H,10-13,15H2,1H3. The van der Waals surface area contributed by atoms with Gasteiger partial charge in [0.15, 0.2) is 5.78 Å². The molecule has 1 fully saturated rings. The molecule has 1 aromatic heterocycles. The number of benzene rings is 2. The van der Waals surface area contributed by atoms with Crippen LogP contribution in [0.3, 0.4) is 0 Å². The van der Waals surface area contributed by atoms with Gasteiger partial charge in [-0.2, -0.15) is 0 Å². The Bertz CT molecular complexity index is 1020. The highest BCUT2D eigenvalue weighted by atomic mass is 32.1. The number of ether oxygens (including phenoxy) is 1. The lowest BCUT2D eigenvalue weighted by molar-refractivity contribution is 0.0650. The minimum Gasteiger partial charge on any atom is -0.487 e. The molecule has 154 valence electrons. The summed E-state index contributed by atoms with van der Waals surface area (Å²) in [7, 11) is 0. The van der Waals surface area contributed by atoms with Crippen molar-refractivity contribution in [2.24, 2.45) is 5.92 Å². The summed E-state index contributed by atoms with van der Waals surface area (Å²) in [6, 6.07) is 16.7. The molecule has 0 spiro atoms. The van der Waals surface area contributed by atoms with E-state index < -0.39 is 0 Å². The van der Waals surface area contributed by atoms with Gasteiger partial charge in [0.1, 0.15) is 12.4 Å². The van der Waals surface area contributed by atoms with Crippen molar-refractivity contribution < 1.29 is 14.3 Å². The first-order valence-corrected chi connectivity index (χ1v) is 11.0. The van der Waals surface area contributed by atoms with Crippen LogP contribution < -0.4 is 4.74 Å². The van der Waals surface area contributed by atoms with Crippen molar-refractivity contribution in [2.45, 2.75) is 26.4 Å². The molecule has 0 saturated carbocycles. The highest BCUT2D eigenvalue weighted by molar-refractivity contribution is 7.09. The molecule has 0 unspecified atom stereocenters. The number of nitrogens with zero attached hydrogens (tertiary/aromatic N) is 2. The first-order chi connectivity index (χ1) is 14.6. The lowest BCUT2D eigenvalue weighted by atomic mass is 9.88. The fourth-order valence-corrected chi connectivity index (χ4v) is 4.31. The Kier molecular flexibility index (Phi) is 6.23. The normalized spacial score (nSPS) is 14.5. The second kappa shape index (κ2) is 9.22.